The van der Waals surface area contributed by atoms with Gasteiger partial charge in [-0.3, -0.25) is 4.79 Å². The van der Waals surface area contributed by atoms with Crippen LogP contribution in [0.25, 0.3) is 22.2 Å². The van der Waals surface area contributed by atoms with Gasteiger partial charge in [0.15, 0.2) is 5.78 Å². The normalized spacial score (nSPS) is 20.3. The largest absolute Gasteiger partial charge is 0.391 e. The molecule has 1 aromatic heterocycles. The lowest BCUT2D eigenvalue weighted by atomic mass is 9.97. The summed E-state index contributed by atoms with van der Waals surface area (Å²) in [6.45, 7) is 1.14. The number of Topliss-reactive ketones (excluding diaryl/α,β-unsaturated/α-hetero) is 1. The summed E-state index contributed by atoms with van der Waals surface area (Å²) in [5.41, 5.74) is 4.09. The maximum atomic E-state index is 12.5. The van der Waals surface area contributed by atoms with E-state index in [1.165, 1.54) is 0 Å². The molecule has 5 heteroatoms. The fraction of sp³-hybridized carbons (Fsp3) is 0.333. The minimum Gasteiger partial charge on any atom is -0.391 e. The fourth-order valence-electron chi connectivity index (χ4n) is 3.64. The second-order valence-corrected chi connectivity index (χ2v) is 6.95. The van der Waals surface area contributed by atoms with Crippen LogP contribution in [0.15, 0.2) is 54.9 Å². The van der Waals surface area contributed by atoms with Crippen LogP contribution in [0.4, 0.5) is 0 Å². The van der Waals surface area contributed by atoms with E-state index in [-0.39, 0.29) is 18.4 Å². The number of nitrogens with one attached hydrogen (secondary N) is 1. The van der Waals surface area contributed by atoms with Crippen LogP contribution in [0.3, 0.4) is 0 Å². The number of hydrogen-bond donors (Lipinski definition) is 2. The maximum Gasteiger partial charge on any atom is 0.154 e. The Morgan fingerprint density at radius 2 is 2.04 bits per heavy atom. The van der Waals surface area contributed by atoms with E-state index in [9.17, 15) is 9.90 Å². The van der Waals surface area contributed by atoms with Gasteiger partial charge in [0.25, 0.3) is 0 Å². The van der Waals surface area contributed by atoms with Gasteiger partial charge in [-0.2, -0.15) is 0 Å². The first-order chi connectivity index (χ1) is 12.7. The molecule has 0 bridgehead atoms. The molecule has 4 rings (SSSR count). The zero-order valence-electron chi connectivity index (χ0n) is 14.6. The summed E-state index contributed by atoms with van der Waals surface area (Å²) < 4.78 is 1.90. The number of carbonyl (C=O) groups is 1. The van der Waals surface area contributed by atoms with Crippen molar-refractivity contribution in [2.45, 2.75) is 38.0 Å². The molecule has 2 heterocycles. The van der Waals surface area contributed by atoms with Crippen LogP contribution in [0, 0.1) is 0 Å². The number of rotatable bonds is 5. The Kier molecular flexibility index (Phi) is 4.82. The Bertz CT molecular complexity index is 904. The van der Waals surface area contributed by atoms with E-state index in [0.29, 0.717) is 6.42 Å². The number of aliphatic hydroxyl groups is 1. The highest BCUT2D eigenvalue weighted by atomic mass is 16.3. The van der Waals surface area contributed by atoms with E-state index in [1.54, 1.807) is 6.33 Å². The number of aliphatic hydroxyl groups excluding tert-OH is 1. The first-order valence-electron chi connectivity index (χ1n) is 9.14. The van der Waals surface area contributed by atoms with E-state index < -0.39 is 6.10 Å². The molecule has 1 fully saturated rings. The Balaban J connectivity index is 1.53. The van der Waals surface area contributed by atoms with Crippen LogP contribution in [0.1, 0.15) is 19.3 Å². The van der Waals surface area contributed by atoms with E-state index >= 15 is 0 Å². The van der Waals surface area contributed by atoms with Crippen LogP contribution >= 0.6 is 0 Å². The van der Waals surface area contributed by atoms with E-state index in [4.69, 9.17) is 0 Å². The summed E-state index contributed by atoms with van der Waals surface area (Å²) >= 11 is 0. The zero-order chi connectivity index (χ0) is 17.9. The number of nitrogens with zero attached hydrogens (tertiary/aromatic N) is 2. The molecule has 5 nitrogen and oxygen atoms in total. The summed E-state index contributed by atoms with van der Waals surface area (Å²) in [7, 11) is 0. The van der Waals surface area contributed by atoms with Gasteiger partial charge >= 0.3 is 0 Å². The SMILES string of the molecule is O=C(CC1NCCCC1O)Cn1cnc2ccc(-c3ccccc3)cc21. The second-order valence-electron chi connectivity index (χ2n) is 6.95. The standard InChI is InChI=1S/C21H23N3O2/c25-17(12-19-21(26)7-4-10-22-19)13-24-14-23-18-9-8-16(11-20(18)24)15-5-2-1-3-6-15/h1-3,5-6,8-9,11,14,19,21-22,26H,4,7,10,12-13H2. The first kappa shape index (κ1) is 16.9. The quantitative estimate of drug-likeness (QED) is 0.743. The van der Waals surface area contributed by atoms with E-state index in [1.807, 2.05) is 28.8 Å². The molecule has 3 aromatic rings. The summed E-state index contributed by atoms with van der Waals surface area (Å²) in [5.74, 6) is 0.105. The molecule has 2 unspecified atom stereocenters. The molecular weight excluding hydrogens is 326 g/mol. The minimum atomic E-state index is -0.433. The summed E-state index contributed by atoms with van der Waals surface area (Å²) in [4.78, 5) is 16.9. The van der Waals surface area contributed by atoms with Crippen LogP contribution in [-0.4, -0.2) is 39.1 Å². The molecule has 26 heavy (non-hydrogen) atoms. The predicted molar refractivity (Wildman–Crippen MR) is 102 cm³/mol. The molecule has 1 aliphatic heterocycles. The van der Waals surface area contributed by atoms with E-state index in [0.717, 1.165) is 41.5 Å². The number of fused-ring (bicyclic) bond motifs is 1. The summed E-state index contributed by atoms with van der Waals surface area (Å²) in [5, 5.41) is 13.3. The zero-order valence-corrected chi connectivity index (χ0v) is 14.6. The molecule has 1 saturated heterocycles. The molecule has 0 radical (unpaired) electrons. The molecule has 0 aliphatic carbocycles. The lowest BCUT2D eigenvalue weighted by Crippen LogP contribution is -2.46. The monoisotopic (exact) mass is 349 g/mol. The first-order valence-corrected chi connectivity index (χ1v) is 9.14. The van der Waals surface area contributed by atoms with Gasteiger partial charge in [-0.05, 0) is 42.6 Å². The van der Waals surface area contributed by atoms with Gasteiger partial charge < -0.3 is 15.0 Å². The Hall–Kier alpha value is -2.50. The third-order valence-electron chi connectivity index (χ3n) is 5.07. The average molecular weight is 349 g/mol. The van der Waals surface area contributed by atoms with Crippen molar-refractivity contribution in [2.24, 2.45) is 0 Å². The molecular formula is C21H23N3O2. The van der Waals surface area contributed by atoms with Crippen LogP contribution in [0.2, 0.25) is 0 Å². The van der Waals surface area contributed by atoms with Crippen LogP contribution in [0.5, 0.6) is 0 Å². The van der Waals surface area contributed by atoms with Crippen molar-refractivity contribution in [3.05, 3.63) is 54.9 Å². The number of aromatic nitrogens is 2. The fourth-order valence-corrected chi connectivity index (χ4v) is 3.64. The molecule has 134 valence electrons. The molecule has 2 aromatic carbocycles. The average Bonchev–Trinajstić information content (AvgIpc) is 3.06. The van der Waals surface area contributed by atoms with Crippen molar-refractivity contribution in [3.8, 4) is 11.1 Å². The van der Waals surface area contributed by atoms with Crippen LogP contribution < -0.4 is 5.32 Å². The summed E-state index contributed by atoms with van der Waals surface area (Å²) in [6, 6.07) is 16.2. The van der Waals surface area contributed by atoms with Gasteiger partial charge in [0, 0.05) is 12.5 Å². The lowest BCUT2D eigenvalue weighted by Gasteiger charge is -2.28. The number of ketones is 1. The topological polar surface area (TPSA) is 67.2 Å². The molecule has 1 aliphatic rings. The van der Waals surface area contributed by atoms with Crippen molar-refractivity contribution in [1.82, 2.24) is 14.9 Å². The summed E-state index contributed by atoms with van der Waals surface area (Å²) in [6.07, 6.45) is 3.36. The lowest BCUT2D eigenvalue weighted by molar-refractivity contribution is -0.121. The Morgan fingerprint density at radius 1 is 1.19 bits per heavy atom. The van der Waals surface area contributed by atoms with Gasteiger partial charge in [0.2, 0.25) is 0 Å². The highest BCUT2D eigenvalue weighted by molar-refractivity contribution is 5.85. The Labute approximate surface area is 152 Å². The van der Waals surface area contributed by atoms with Gasteiger partial charge in [0.05, 0.1) is 30.0 Å². The van der Waals surface area contributed by atoms with Gasteiger partial charge in [-0.15, -0.1) is 0 Å². The van der Waals surface area contributed by atoms with Crippen molar-refractivity contribution >= 4 is 16.8 Å². The third kappa shape index (κ3) is 3.54. The number of benzene rings is 2. The number of carbonyl (C=O) groups excluding carboxylic acids is 1. The second kappa shape index (κ2) is 7.40. The number of imidazole rings is 1. The van der Waals surface area contributed by atoms with Crippen molar-refractivity contribution in [2.75, 3.05) is 6.54 Å². The predicted octanol–water partition coefficient (Wildman–Crippen LogP) is 2.78. The van der Waals surface area contributed by atoms with E-state index in [2.05, 4.69) is 34.6 Å². The molecule has 0 saturated carbocycles. The van der Waals surface area contributed by atoms with Crippen molar-refractivity contribution in [1.29, 1.82) is 0 Å². The maximum absolute atomic E-state index is 12.5. The number of piperidine rings is 1. The van der Waals surface area contributed by atoms with Gasteiger partial charge in [0.1, 0.15) is 0 Å². The Morgan fingerprint density at radius 3 is 2.85 bits per heavy atom. The molecule has 2 atom stereocenters. The smallest absolute Gasteiger partial charge is 0.154 e. The van der Waals surface area contributed by atoms with Crippen molar-refractivity contribution < 1.29 is 9.90 Å². The third-order valence-corrected chi connectivity index (χ3v) is 5.07. The molecule has 0 spiro atoms. The van der Waals surface area contributed by atoms with Gasteiger partial charge in [-0.25, -0.2) is 4.98 Å². The van der Waals surface area contributed by atoms with Crippen molar-refractivity contribution in [3.63, 3.8) is 0 Å². The number of hydrogen-bond acceptors (Lipinski definition) is 4. The molecule has 0 amide bonds. The van der Waals surface area contributed by atoms with Gasteiger partial charge in [-0.1, -0.05) is 36.4 Å². The molecule has 2 N–H and O–H groups in total. The minimum absolute atomic E-state index is 0.105. The highest BCUT2D eigenvalue weighted by Crippen LogP contribution is 2.24. The van der Waals surface area contributed by atoms with Crippen LogP contribution in [-0.2, 0) is 11.3 Å². The highest BCUT2D eigenvalue weighted by Gasteiger charge is 2.25.